The number of piperidine rings is 1. The van der Waals surface area contributed by atoms with Gasteiger partial charge in [-0.15, -0.1) is 0 Å². The Morgan fingerprint density at radius 1 is 1.25 bits per heavy atom. The lowest BCUT2D eigenvalue weighted by Gasteiger charge is -2.37. The van der Waals surface area contributed by atoms with E-state index in [1.54, 1.807) is 0 Å². The van der Waals surface area contributed by atoms with Crippen LogP contribution in [0.5, 0.6) is 0 Å². The van der Waals surface area contributed by atoms with Gasteiger partial charge in [-0.1, -0.05) is 13.3 Å². The molecule has 2 fully saturated rings. The zero-order valence-electron chi connectivity index (χ0n) is 13.2. The van der Waals surface area contributed by atoms with Crippen LogP contribution in [0, 0.1) is 5.92 Å². The number of carbonyl (C=O) groups is 1. The number of nitrogens with two attached hydrogens (primary N) is 1. The monoisotopic (exact) mass is 281 g/mol. The van der Waals surface area contributed by atoms with E-state index in [2.05, 4.69) is 23.8 Å². The summed E-state index contributed by atoms with van der Waals surface area (Å²) >= 11 is 0. The van der Waals surface area contributed by atoms with Crippen molar-refractivity contribution in [2.75, 3.05) is 26.7 Å². The second kappa shape index (κ2) is 7.41. The fourth-order valence-corrected chi connectivity index (χ4v) is 4.05. The minimum atomic E-state index is 0.321. The molecule has 1 heterocycles. The Morgan fingerprint density at radius 3 is 2.75 bits per heavy atom. The molecule has 4 nitrogen and oxygen atoms in total. The number of likely N-dealkylation sites (N-methyl/N-ethyl adjacent to an activating group) is 1. The number of amides is 1. The molecule has 3 unspecified atom stereocenters. The van der Waals surface area contributed by atoms with Crippen LogP contribution in [0.15, 0.2) is 0 Å². The van der Waals surface area contributed by atoms with Gasteiger partial charge in [0.05, 0.1) is 6.54 Å². The van der Waals surface area contributed by atoms with Crippen molar-refractivity contribution < 1.29 is 4.79 Å². The maximum Gasteiger partial charge on any atom is 0.236 e. The minimum absolute atomic E-state index is 0.321. The van der Waals surface area contributed by atoms with Gasteiger partial charge in [-0.25, -0.2) is 0 Å². The number of carbonyl (C=O) groups excluding carboxylic acids is 1. The maximum absolute atomic E-state index is 12.6. The normalized spacial score (nSPS) is 31.0. The quantitative estimate of drug-likeness (QED) is 0.836. The Kier molecular flexibility index (Phi) is 5.85. The van der Waals surface area contributed by atoms with Crippen molar-refractivity contribution in [1.29, 1.82) is 0 Å². The highest BCUT2D eigenvalue weighted by molar-refractivity contribution is 5.78. The Hall–Kier alpha value is -0.610. The Balaban J connectivity index is 1.89. The standard InChI is InChI=1S/C16H31N3O/c1-3-14-8-4-5-10-19(14)16(20)12-18(2)15-9-6-7-13(15)11-17/h13-15H,3-12,17H2,1-2H3. The van der Waals surface area contributed by atoms with Gasteiger partial charge in [-0.05, 0) is 58.0 Å². The average Bonchev–Trinajstić information content (AvgIpc) is 2.95. The van der Waals surface area contributed by atoms with Crippen molar-refractivity contribution in [3.05, 3.63) is 0 Å². The molecule has 1 amide bonds. The summed E-state index contributed by atoms with van der Waals surface area (Å²) in [6.45, 7) is 4.47. The van der Waals surface area contributed by atoms with Crippen LogP contribution in [-0.2, 0) is 4.79 Å². The second-order valence-corrected chi connectivity index (χ2v) is 6.55. The van der Waals surface area contributed by atoms with Crippen molar-refractivity contribution in [1.82, 2.24) is 9.80 Å². The fraction of sp³-hybridized carbons (Fsp3) is 0.938. The molecule has 0 bridgehead atoms. The third-order valence-electron chi connectivity index (χ3n) is 5.29. The van der Waals surface area contributed by atoms with E-state index in [9.17, 15) is 4.79 Å². The van der Waals surface area contributed by atoms with E-state index in [-0.39, 0.29) is 0 Å². The van der Waals surface area contributed by atoms with Gasteiger partial charge in [0.1, 0.15) is 0 Å². The van der Waals surface area contributed by atoms with Crippen molar-refractivity contribution >= 4 is 5.91 Å². The summed E-state index contributed by atoms with van der Waals surface area (Å²) in [4.78, 5) is 17.0. The number of hydrogen-bond acceptors (Lipinski definition) is 3. The summed E-state index contributed by atoms with van der Waals surface area (Å²) in [7, 11) is 2.10. The van der Waals surface area contributed by atoms with E-state index in [0.717, 1.165) is 19.5 Å². The summed E-state index contributed by atoms with van der Waals surface area (Å²) in [6, 6.07) is 0.979. The molecule has 0 aromatic heterocycles. The highest BCUT2D eigenvalue weighted by Crippen LogP contribution is 2.28. The van der Waals surface area contributed by atoms with Crippen LogP contribution < -0.4 is 5.73 Å². The lowest BCUT2D eigenvalue weighted by atomic mass is 9.99. The van der Waals surface area contributed by atoms with Crippen molar-refractivity contribution in [3.63, 3.8) is 0 Å². The fourth-order valence-electron chi connectivity index (χ4n) is 4.05. The largest absolute Gasteiger partial charge is 0.339 e. The van der Waals surface area contributed by atoms with E-state index < -0.39 is 0 Å². The molecule has 2 N–H and O–H groups in total. The van der Waals surface area contributed by atoms with Crippen molar-refractivity contribution in [2.45, 2.75) is 64.0 Å². The molecule has 0 spiro atoms. The summed E-state index contributed by atoms with van der Waals surface area (Å²) in [5, 5.41) is 0. The highest BCUT2D eigenvalue weighted by atomic mass is 16.2. The Morgan fingerprint density at radius 2 is 2.05 bits per heavy atom. The zero-order chi connectivity index (χ0) is 14.5. The molecule has 1 saturated heterocycles. The summed E-state index contributed by atoms with van der Waals surface area (Å²) in [5.74, 6) is 0.901. The molecule has 1 aliphatic heterocycles. The molecular formula is C16H31N3O. The molecule has 1 saturated carbocycles. The molecule has 2 aliphatic rings. The highest BCUT2D eigenvalue weighted by Gasteiger charge is 2.32. The Labute approximate surface area is 123 Å². The predicted octanol–water partition coefficient (Wildman–Crippen LogP) is 1.84. The topological polar surface area (TPSA) is 49.6 Å². The summed E-state index contributed by atoms with van der Waals surface area (Å²) < 4.78 is 0. The van der Waals surface area contributed by atoms with Crippen LogP contribution in [0.25, 0.3) is 0 Å². The molecule has 4 heteroatoms. The van der Waals surface area contributed by atoms with Crippen LogP contribution >= 0.6 is 0 Å². The molecule has 0 radical (unpaired) electrons. The first-order valence-electron chi connectivity index (χ1n) is 8.37. The number of hydrogen-bond donors (Lipinski definition) is 1. The number of nitrogens with zero attached hydrogens (tertiary/aromatic N) is 2. The van der Waals surface area contributed by atoms with E-state index in [0.29, 0.717) is 30.5 Å². The first-order valence-corrected chi connectivity index (χ1v) is 8.37. The van der Waals surface area contributed by atoms with Gasteiger partial charge in [-0.3, -0.25) is 9.69 Å². The molecule has 20 heavy (non-hydrogen) atoms. The van der Waals surface area contributed by atoms with Gasteiger partial charge in [0.25, 0.3) is 0 Å². The predicted molar refractivity (Wildman–Crippen MR) is 82.5 cm³/mol. The molecule has 0 aromatic rings. The third-order valence-corrected chi connectivity index (χ3v) is 5.29. The lowest BCUT2D eigenvalue weighted by Crippen LogP contribution is -2.49. The average molecular weight is 281 g/mol. The smallest absolute Gasteiger partial charge is 0.236 e. The zero-order valence-corrected chi connectivity index (χ0v) is 13.2. The van der Waals surface area contributed by atoms with E-state index in [4.69, 9.17) is 5.73 Å². The molecule has 0 aromatic carbocycles. The van der Waals surface area contributed by atoms with Crippen LogP contribution in [0.2, 0.25) is 0 Å². The van der Waals surface area contributed by atoms with Gasteiger partial charge in [-0.2, -0.15) is 0 Å². The SMILES string of the molecule is CCC1CCCCN1C(=O)CN(C)C1CCCC1CN. The summed E-state index contributed by atoms with van der Waals surface area (Å²) in [5.41, 5.74) is 5.86. The van der Waals surface area contributed by atoms with Crippen molar-refractivity contribution in [2.24, 2.45) is 11.7 Å². The number of rotatable bonds is 5. The molecule has 3 atom stereocenters. The van der Waals surface area contributed by atoms with Gasteiger partial charge in [0.2, 0.25) is 5.91 Å². The first-order chi connectivity index (χ1) is 9.67. The van der Waals surface area contributed by atoms with Gasteiger partial charge >= 0.3 is 0 Å². The Bertz CT molecular complexity index is 321. The van der Waals surface area contributed by atoms with E-state index in [1.165, 1.54) is 38.5 Å². The van der Waals surface area contributed by atoms with Crippen LogP contribution in [0.4, 0.5) is 0 Å². The van der Waals surface area contributed by atoms with Crippen LogP contribution in [0.1, 0.15) is 51.9 Å². The number of likely N-dealkylation sites (tertiary alicyclic amines) is 1. The maximum atomic E-state index is 12.6. The van der Waals surface area contributed by atoms with E-state index in [1.807, 2.05) is 0 Å². The first kappa shape index (κ1) is 15.8. The lowest BCUT2D eigenvalue weighted by molar-refractivity contribution is -0.136. The third kappa shape index (κ3) is 3.53. The molecule has 116 valence electrons. The molecule has 2 rings (SSSR count). The molecule has 1 aliphatic carbocycles. The second-order valence-electron chi connectivity index (χ2n) is 6.55. The van der Waals surface area contributed by atoms with Crippen LogP contribution in [-0.4, -0.2) is 54.5 Å². The van der Waals surface area contributed by atoms with Gasteiger partial charge < -0.3 is 10.6 Å². The molecular weight excluding hydrogens is 250 g/mol. The van der Waals surface area contributed by atoms with E-state index >= 15 is 0 Å². The van der Waals surface area contributed by atoms with Crippen molar-refractivity contribution in [3.8, 4) is 0 Å². The summed E-state index contributed by atoms with van der Waals surface area (Å²) in [6.07, 6.45) is 8.39. The minimum Gasteiger partial charge on any atom is -0.339 e. The van der Waals surface area contributed by atoms with Crippen LogP contribution in [0.3, 0.4) is 0 Å². The van der Waals surface area contributed by atoms with Gasteiger partial charge in [0, 0.05) is 18.6 Å². The van der Waals surface area contributed by atoms with Gasteiger partial charge in [0.15, 0.2) is 0 Å².